The molecule has 1 aliphatic heterocycles. The fourth-order valence-electron chi connectivity index (χ4n) is 3.25. The predicted molar refractivity (Wildman–Crippen MR) is 110 cm³/mol. The summed E-state index contributed by atoms with van der Waals surface area (Å²) in [6.07, 6.45) is 0. The first-order valence-electron chi connectivity index (χ1n) is 9.58. The number of anilines is 1. The molecular weight excluding hydrogens is 340 g/mol. The molecule has 2 aromatic rings. The second kappa shape index (κ2) is 7.29. The van der Waals surface area contributed by atoms with Gasteiger partial charge in [-0.2, -0.15) is 0 Å². The monoisotopic (exact) mass is 369 g/mol. The highest BCUT2D eigenvalue weighted by Crippen LogP contribution is 2.36. The highest BCUT2D eigenvalue weighted by Gasteiger charge is 2.52. The average molecular weight is 369 g/mol. The predicted octanol–water partition coefficient (Wildman–Crippen LogP) is 4.46. The molecule has 1 aliphatic rings. The van der Waals surface area contributed by atoms with E-state index in [1.807, 2.05) is 33.8 Å². The Kier molecular flexibility index (Phi) is 5.37. The summed E-state index contributed by atoms with van der Waals surface area (Å²) in [5.41, 5.74) is 3.24. The van der Waals surface area contributed by atoms with Crippen molar-refractivity contribution in [3.63, 3.8) is 0 Å². The van der Waals surface area contributed by atoms with Gasteiger partial charge in [-0.15, -0.1) is 0 Å². The summed E-state index contributed by atoms with van der Waals surface area (Å²) in [7, 11) is -0.572. The number of benzene rings is 2. The SMILES string of the molecule is CCN(Cc1ccc(F)cc1B1OC(C)(C)C(C)(C)O1)c1ccc(C)cc1. The van der Waals surface area contributed by atoms with Gasteiger partial charge in [0.25, 0.3) is 0 Å². The van der Waals surface area contributed by atoms with Crippen molar-refractivity contribution in [2.75, 3.05) is 11.4 Å². The lowest BCUT2D eigenvalue weighted by Gasteiger charge is -2.32. The smallest absolute Gasteiger partial charge is 0.399 e. The summed E-state index contributed by atoms with van der Waals surface area (Å²) >= 11 is 0. The number of rotatable bonds is 5. The van der Waals surface area contributed by atoms with Gasteiger partial charge in [-0.1, -0.05) is 23.8 Å². The lowest BCUT2D eigenvalue weighted by atomic mass is 9.75. The van der Waals surface area contributed by atoms with Crippen LogP contribution >= 0.6 is 0 Å². The molecule has 0 saturated carbocycles. The number of halogens is 1. The summed E-state index contributed by atoms with van der Waals surface area (Å²) in [6, 6.07) is 13.4. The number of nitrogens with zero attached hydrogens (tertiary/aromatic N) is 1. The molecule has 0 aromatic heterocycles. The van der Waals surface area contributed by atoms with Crippen LogP contribution in [0, 0.1) is 12.7 Å². The van der Waals surface area contributed by atoms with Crippen molar-refractivity contribution in [3.8, 4) is 0 Å². The Hall–Kier alpha value is -1.85. The first kappa shape index (κ1) is 19.9. The summed E-state index contributed by atoms with van der Waals surface area (Å²) < 4.78 is 26.4. The summed E-state index contributed by atoms with van der Waals surface area (Å²) in [5.74, 6) is -0.276. The minimum absolute atomic E-state index is 0.276. The van der Waals surface area contributed by atoms with Crippen molar-refractivity contribution in [1.29, 1.82) is 0 Å². The molecule has 0 radical (unpaired) electrons. The van der Waals surface area contributed by atoms with Gasteiger partial charge in [0.1, 0.15) is 5.82 Å². The van der Waals surface area contributed by atoms with Crippen LogP contribution in [0.2, 0.25) is 0 Å². The van der Waals surface area contributed by atoms with Crippen LogP contribution in [0.15, 0.2) is 42.5 Å². The van der Waals surface area contributed by atoms with Crippen LogP contribution in [-0.2, 0) is 15.9 Å². The summed E-state index contributed by atoms with van der Waals surface area (Å²) in [4.78, 5) is 2.27. The fraction of sp³-hybridized carbons (Fsp3) is 0.455. The molecule has 1 heterocycles. The average Bonchev–Trinajstić information content (AvgIpc) is 2.82. The molecule has 3 nitrogen and oxygen atoms in total. The van der Waals surface area contributed by atoms with Crippen LogP contribution in [-0.4, -0.2) is 24.9 Å². The van der Waals surface area contributed by atoms with E-state index >= 15 is 0 Å². The third-order valence-corrected chi connectivity index (χ3v) is 5.76. The molecule has 1 saturated heterocycles. The molecule has 0 N–H and O–H groups in total. The topological polar surface area (TPSA) is 21.7 Å². The van der Waals surface area contributed by atoms with Gasteiger partial charge >= 0.3 is 7.12 Å². The van der Waals surface area contributed by atoms with E-state index < -0.39 is 18.3 Å². The zero-order valence-electron chi connectivity index (χ0n) is 17.2. The third-order valence-electron chi connectivity index (χ3n) is 5.76. The molecule has 0 unspecified atom stereocenters. The second-order valence-electron chi connectivity index (χ2n) is 8.28. The summed E-state index contributed by atoms with van der Waals surface area (Å²) in [5, 5.41) is 0. The maximum absolute atomic E-state index is 14.0. The van der Waals surface area contributed by atoms with Crippen molar-refractivity contribution >= 4 is 18.3 Å². The van der Waals surface area contributed by atoms with Crippen molar-refractivity contribution in [1.82, 2.24) is 0 Å². The molecule has 0 spiro atoms. The normalized spacial score (nSPS) is 18.0. The Labute approximate surface area is 162 Å². The number of hydrogen-bond donors (Lipinski definition) is 0. The van der Waals surface area contributed by atoms with Gasteiger partial charge < -0.3 is 14.2 Å². The molecule has 0 bridgehead atoms. The zero-order valence-corrected chi connectivity index (χ0v) is 17.2. The molecular formula is C22H29BFNO2. The van der Waals surface area contributed by atoms with E-state index in [9.17, 15) is 4.39 Å². The van der Waals surface area contributed by atoms with E-state index in [0.717, 1.165) is 23.3 Å². The van der Waals surface area contributed by atoms with E-state index in [2.05, 4.69) is 43.0 Å². The molecule has 1 fully saturated rings. The van der Waals surface area contributed by atoms with Crippen molar-refractivity contribution < 1.29 is 13.7 Å². The molecule has 0 amide bonds. The minimum atomic E-state index is -0.572. The van der Waals surface area contributed by atoms with Gasteiger partial charge in [0.2, 0.25) is 0 Å². The van der Waals surface area contributed by atoms with Crippen LogP contribution < -0.4 is 10.4 Å². The quantitative estimate of drug-likeness (QED) is 0.727. The van der Waals surface area contributed by atoms with E-state index in [1.54, 1.807) is 6.07 Å². The Morgan fingerprint density at radius 1 is 0.963 bits per heavy atom. The maximum atomic E-state index is 14.0. The molecule has 144 valence electrons. The van der Waals surface area contributed by atoms with Crippen LogP contribution in [0.1, 0.15) is 45.7 Å². The van der Waals surface area contributed by atoms with Crippen molar-refractivity contribution in [2.24, 2.45) is 0 Å². The lowest BCUT2D eigenvalue weighted by molar-refractivity contribution is 0.00578. The molecule has 5 heteroatoms. The van der Waals surface area contributed by atoms with Gasteiger partial charge in [-0.05, 0) is 76.8 Å². The summed E-state index contributed by atoms with van der Waals surface area (Å²) in [6.45, 7) is 13.8. The maximum Gasteiger partial charge on any atom is 0.495 e. The van der Waals surface area contributed by atoms with Crippen LogP contribution in [0.4, 0.5) is 10.1 Å². The lowest BCUT2D eigenvalue weighted by Crippen LogP contribution is -2.41. The van der Waals surface area contributed by atoms with E-state index in [0.29, 0.717) is 6.54 Å². The van der Waals surface area contributed by atoms with E-state index in [-0.39, 0.29) is 5.82 Å². The fourth-order valence-corrected chi connectivity index (χ4v) is 3.25. The minimum Gasteiger partial charge on any atom is -0.399 e. The van der Waals surface area contributed by atoms with Gasteiger partial charge in [-0.3, -0.25) is 0 Å². The standard InChI is InChI=1S/C22H29BFNO2/c1-7-25(19-12-8-16(2)9-13-19)15-17-10-11-18(24)14-20(17)23-26-21(3,4)22(5,6)27-23/h8-14H,7,15H2,1-6H3. The van der Waals surface area contributed by atoms with Crippen LogP contribution in [0.5, 0.6) is 0 Å². The molecule has 2 aromatic carbocycles. The third kappa shape index (κ3) is 4.04. The molecule has 0 atom stereocenters. The van der Waals surface area contributed by atoms with Gasteiger partial charge in [0.05, 0.1) is 11.2 Å². The molecule has 27 heavy (non-hydrogen) atoms. The van der Waals surface area contributed by atoms with Crippen molar-refractivity contribution in [2.45, 2.75) is 59.3 Å². The molecule has 3 rings (SSSR count). The number of aryl methyl sites for hydroxylation is 1. The largest absolute Gasteiger partial charge is 0.495 e. The first-order valence-corrected chi connectivity index (χ1v) is 9.58. The number of hydrogen-bond acceptors (Lipinski definition) is 3. The van der Waals surface area contributed by atoms with E-state index in [4.69, 9.17) is 9.31 Å². The van der Waals surface area contributed by atoms with Gasteiger partial charge in [0, 0.05) is 18.8 Å². The van der Waals surface area contributed by atoms with Gasteiger partial charge in [0.15, 0.2) is 0 Å². The highest BCUT2D eigenvalue weighted by molar-refractivity contribution is 6.62. The van der Waals surface area contributed by atoms with Crippen molar-refractivity contribution in [3.05, 3.63) is 59.4 Å². The Morgan fingerprint density at radius 3 is 2.11 bits per heavy atom. The highest BCUT2D eigenvalue weighted by atomic mass is 19.1. The van der Waals surface area contributed by atoms with E-state index in [1.165, 1.54) is 11.6 Å². The zero-order chi connectivity index (χ0) is 19.8. The van der Waals surface area contributed by atoms with Crippen LogP contribution in [0.25, 0.3) is 0 Å². The van der Waals surface area contributed by atoms with Gasteiger partial charge in [-0.25, -0.2) is 4.39 Å². The Balaban J connectivity index is 1.91. The Morgan fingerprint density at radius 2 is 1.56 bits per heavy atom. The second-order valence-corrected chi connectivity index (χ2v) is 8.28. The first-order chi connectivity index (χ1) is 12.6. The Bertz CT molecular complexity index is 788. The molecule has 0 aliphatic carbocycles. The van der Waals surface area contributed by atoms with Crippen LogP contribution in [0.3, 0.4) is 0 Å².